The van der Waals surface area contributed by atoms with Gasteiger partial charge in [-0.25, -0.2) is 8.70 Å². The van der Waals surface area contributed by atoms with Crippen LogP contribution in [0.4, 0.5) is 10.1 Å². The SMILES string of the molecule is CCNC(=O)C(Cc1ccccc1)N(Cc1ccccc1Cl)C(=O)CN(c1ccccc1F)S(=O)(=O)N(C)C. The summed E-state index contributed by atoms with van der Waals surface area (Å²) in [5.41, 5.74) is 1.09. The van der Waals surface area contributed by atoms with Gasteiger partial charge in [0.25, 0.3) is 0 Å². The average Bonchev–Trinajstić information content (AvgIpc) is 2.91. The van der Waals surface area contributed by atoms with E-state index in [9.17, 15) is 22.4 Å². The molecule has 0 radical (unpaired) electrons. The van der Waals surface area contributed by atoms with Gasteiger partial charge in [0.05, 0.1) is 5.69 Å². The van der Waals surface area contributed by atoms with E-state index in [-0.39, 0.29) is 18.7 Å². The maximum Gasteiger partial charge on any atom is 0.304 e. The van der Waals surface area contributed by atoms with Crippen molar-refractivity contribution in [2.24, 2.45) is 0 Å². The number of carbonyl (C=O) groups excluding carboxylic acids is 2. The molecule has 11 heteroatoms. The lowest BCUT2D eigenvalue weighted by Crippen LogP contribution is -2.54. The highest BCUT2D eigenvalue weighted by Crippen LogP contribution is 2.25. The van der Waals surface area contributed by atoms with E-state index < -0.39 is 40.4 Å². The third-order valence-electron chi connectivity index (χ3n) is 6.06. The normalized spacial score (nSPS) is 12.2. The molecule has 1 atom stereocenters. The Morgan fingerprint density at radius 2 is 1.56 bits per heavy atom. The first kappa shape index (κ1) is 30.1. The molecular weight excluding hydrogens is 543 g/mol. The molecule has 1 N–H and O–H groups in total. The molecule has 2 amide bonds. The van der Waals surface area contributed by atoms with Gasteiger partial charge in [0, 0.05) is 38.6 Å². The number of nitrogens with one attached hydrogen (secondary N) is 1. The third-order valence-corrected chi connectivity index (χ3v) is 8.24. The number of hydrogen-bond donors (Lipinski definition) is 1. The molecular formula is C28H32ClFN4O4S. The van der Waals surface area contributed by atoms with E-state index in [1.165, 1.54) is 37.2 Å². The van der Waals surface area contributed by atoms with Gasteiger partial charge in [-0.3, -0.25) is 9.59 Å². The van der Waals surface area contributed by atoms with E-state index in [1.807, 2.05) is 30.3 Å². The number of carbonyl (C=O) groups is 2. The van der Waals surface area contributed by atoms with Crippen LogP contribution in [0.5, 0.6) is 0 Å². The highest BCUT2D eigenvalue weighted by molar-refractivity contribution is 7.90. The number of para-hydroxylation sites is 1. The molecule has 0 aliphatic rings. The molecule has 0 fully saturated rings. The summed E-state index contributed by atoms with van der Waals surface area (Å²) in [6, 6.07) is 20.4. The molecule has 1 unspecified atom stereocenters. The van der Waals surface area contributed by atoms with Crippen LogP contribution in [0, 0.1) is 5.82 Å². The number of anilines is 1. The molecule has 8 nitrogen and oxygen atoms in total. The lowest BCUT2D eigenvalue weighted by molar-refractivity contribution is -0.140. The summed E-state index contributed by atoms with van der Waals surface area (Å²) in [6.07, 6.45) is 0.170. The Morgan fingerprint density at radius 1 is 0.949 bits per heavy atom. The van der Waals surface area contributed by atoms with Crippen LogP contribution in [0.1, 0.15) is 18.1 Å². The summed E-state index contributed by atoms with van der Waals surface area (Å²) in [4.78, 5) is 28.7. The summed E-state index contributed by atoms with van der Waals surface area (Å²) in [6.45, 7) is 1.28. The molecule has 0 aromatic heterocycles. The number of halogens is 2. The summed E-state index contributed by atoms with van der Waals surface area (Å²) < 4.78 is 43.0. The van der Waals surface area contributed by atoms with Gasteiger partial charge < -0.3 is 10.2 Å². The lowest BCUT2D eigenvalue weighted by atomic mass is 10.0. The molecule has 0 heterocycles. The van der Waals surface area contributed by atoms with Gasteiger partial charge in [0.1, 0.15) is 18.4 Å². The van der Waals surface area contributed by atoms with Crippen LogP contribution in [-0.2, 0) is 32.8 Å². The fourth-order valence-electron chi connectivity index (χ4n) is 4.01. The van der Waals surface area contributed by atoms with Crippen LogP contribution in [0.25, 0.3) is 0 Å². The van der Waals surface area contributed by atoms with Crippen molar-refractivity contribution in [3.8, 4) is 0 Å². The van der Waals surface area contributed by atoms with Crippen LogP contribution < -0.4 is 9.62 Å². The largest absolute Gasteiger partial charge is 0.355 e. The van der Waals surface area contributed by atoms with Gasteiger partial charge in [-0.2, -0.15) is 12.7 Å². The quantitative estimate of drug-likeness (QED) is 0.356. The first-order chi connectivity index (χ1) is 18.6. The van der Waals surface area contributed by atoms with Crippen molar-refractivity contribution in [3.63, 3.8) is 0 Å². The zero-order valence-corrected chi connectivity index (χ0v) is 23.6. The highest BCUT2D eigenvalue weighted by Gasteiger charge is 2.35. The first-order valence-electron chi connectivity index (χ1n) is 12.4. The number of benzene rings is 3. The summed E-state index contributed by atoms with van der Waals surface area (Å²) in [7, 11) is -1.70. The Morgan fingerprint density at radius 3 is 2.18 bits per heavy atom. The number of likely N-dealkylation sites (N-methyl/N-ethyl adjacent to an activating group) is 1. The van der Waals surface area contributed by atoms with Crippen molar-refractivity contribution in [2.75, 3.05) is 31.5 Å². The zero-order valence-electron chi connectivity index (χ0n) is 22.1. The van der Waals surface area contributed by atoms with Gasteiger partial charge in [0.15, 0.2) is 0 Å². The second kappa shape index (κ2) is 13.5. The average molecular weight is 575 g/mol. The molecule has 3 aromatic rings. The highest BCUT2D eigenvalue weighted by atomic mass is 35.5. The molecule has 3 rings (SSSR count). The molecule has 0 saturated heterocycles. The van der Waals surface area contributed by atoms with E-state index in [0.717, 1.165) is 15.9 Å². The van der Waals surface area contributed by atoms with Crippen LogP contribution >= 0.6 is 11.6 Å². The van der Waals surface area contributed by atoms with Gasteiger partial charge in [-0.1, -0.05) is 72.3 Å². The van der Waals surface area contributed by atoms with Crippen molar-refractivity contribution >= 4 is 39.3 Å². The predicted octanol–water partition coefficient (Wildman–Crippen LogP) is 3.87. The summed E-state index contributed by atoms with van der Waals surface area (Å²) >= 11 is 6.41. The molecule has 3 aromatic carbocycles. The van der Waals surface area contributed by atoms with Crippen LogP contribution in [0.15, 0.2) is 78.9 Å². The Kier molecular flexibility index (Phi) is 10.4. The van der Waals surface area contributed by atoms with E-state index in [4.69, 9.17) is 11.6 Å². The van der Waals surface area contributed by atoms with Gasteiger partial charge in [0.2, 0.25) is 11.8 Å². The number of amides is 2. The van der Waals surface area contributed by atoms with E-state index >= 15 is 0 Å². The summed E-state index contributed by atoms with van der Waals surface area (Å²) in [5, 5.41) is 3.16. The molecule has 0 bridgehead atoms. The van der Waals surface area contributed by atoms with Crippen molar-refractivity contribution in [2.45, 2.75) is 25.9 Å². The Labute approximate surface area is 234 Å². The van der Waals surface area contributed by atoms with Crippen LogP contribution in [0.3, 0.4) is 0 Å². The minimum Gasteiger partial charge on any atom is -0.355 e. The van der Waals surface area contributed by atoms with E-state index in [2.05, 4.69) is 5.32 Å². The predicted molar refractivity (Wildman–Crippen MR) is 151 cm³/mol. The fraction of sp³-hybridized carbons (Fsp3) is 0.286. The topological polar surface area (TPSA) is 90.0 Å². The van der Waals surface area contributed by atoms with Crippen molar-refractivity contribution in [1.82, 2.24) is 14.5 Å². The molecule has 0 aliphatic heterocycles. The Hall–Kier alpha value is -3.47. The fourth-order valence-corrected chi connectivity index (χ4v) is 5.27. The molecule has 208 valence electrons. The second-order valence-corrected chi connectivity index (χ2v) is 11.4. The standard InChI is InChI=1S/C28H32ClFN4O4S/c1-4-31-28(36)26(18-21-12-6-5-7-13-21)33(19-22-14-8-9-15-23(22)29)27(35)20-34(39(37,38)32(2)3)25-17-11-10-16-24(25)30/h5-17,26H,4,18-20H2,1-3H3,(H,31,36). The first-order valence-corrected chi connectivity index (χ1v) is 14.1. The minimum absolute atomic E-state index is 0.0692. The monoisotopic (exact) mass is 574 g/mol. The molecule has 39 heavy (non-hydrogen) atoms. The minimum atomic E-state index is -4.29. The molecule has 0 saturated carbocycles. The summed E-state index contributed by atoms with van der Waals surface area (Å²) in [5.74, 6) is -1.91. The van der Waals surface area contributed by atoms with Gasteiger partial charge in [-0.05, 0) is 36.2 Å². The number of hydrogen-bond acceptors (Lipinski definition) is 4. The van der Waals surface area contributed by atoms with Crippen LogP contribution in [0.2, 0.25) is 5.02 Å². The van der Waals surface area contributed by atoms with Crippen molar-refractivity contribution < 1.29 is 22.4 Å². The molecule has 0 aliphatic carbocycles. The maximum atomic E-state index is 14.8. The second-order valence-electron chi connectivity index (χ2n) is 8.96. The zero-order chi connectivity index (χ0) is 28.6. The Balaban J connectivity index is 2.10. The third kappa shape index (κ3) is 7.56. The molecule has 0 spiro atoms. The Bertz CT molecular complexity index is 1390. The van der Waals surface area contributed by atoms with E-state index in [1.54, 1.807) is 31.2 Å². The maximum absolute atomic E-state index is 14.8. The van der Waals surface area contributed by atoms with Crippen molar-refractivity contribution in [1.29, 1.82) is 0 Å². The number of rotatable bonds is 12. The lowest BCUT2D eigenvalue weighted by Gasteiger charge is -2.34. The van der Waals surface area contributed by atoms with Crippen molar-refractivity contribution in [3.05, 3.63) is 101 Å². The van der Waals surface area contributed by atoms with Gasteiger partial charge in [-0.15, -0.1) is 0 Å². The van der Waals surface area contributed by atoms with E-state index in [0.29, 0.717) is 21.4 Å². The van der Waals surface area contributed by atoms with Crippen LogP contribution in [-0.4, -0.2) is 62.7 Å². The number of nitrogens with zero attached hydrogens (tertiary/aromatic N) is 3. The van der Waals surface area contributed by atoms with Gasteiger partial charge >= 0.3 is 10.2 Å². The smallest absolute Gasteiger partial charge is 0.304 e.